The molecule has 2 atom stereocenters. The molecule has 0 aromatic heterocycles. The summed E-state index contributed by atoms with van der Waals surface area (Å²) in [5.74, 6) is 0.925. The lowest BCUT2D eigenvalue weighted by atomic mass is 9.96. The van der Waals surface area contributed by atoms with Gasteiger partial charge in [0.05, 0.1) is 0 Å². The molecule has 0 aromatic carbocycles. The highest BCUT2D eigenvalue weighted by molar-refractivity contribution is 6.19. The Morgan fingerprint density at radius 2 is 1.93 bits per heavy atom. The van der Waals surface area contributed by atoms with Crippen molar-refractivity contribution in [2.75, 3.05) is 5.88 Å². The quantitative estimate of drug-likeness (QED) is 0.504. The molecule has 2 unspecified atom stereocenters. The fourth-order valence-electron chi connectivity index (χ4n) is 1.30. The summed E-state index contributed by atoms with van der Waals surface area (Å²) in [6.07, 6.45) is 2.16. The van der Waals surface area contributed by atoms with Gasteiger partial charge >= 0.3 is 0 Å². The molecule has 0 saturated heterocycles. The van der Waals surface area contributed by atoms with Gasteiger partial charge in [0.2, 0.25) is 0 Å². The Hall–Kier alpha value is -0.430. The van der Waals surface area contributed by atoms with Gasteiger partial charge in [0.1, 0.15) is 0 Å². The molecular formula is C12H22ClN. The van der Waals surface area contributed by atoms with Crippen LogP contribution < -0.4 is 5.32 Å². The van der Waals surface area contributed by atoms with Gasteiger partial charge in [0, 0.05) is 17.6 Å². The van der Waals surface area contributed by atoms with Gasteiger partial charge in [-0.1, -0.05) is 39.0 Å². The van der Waals surface area contributed by atoms with Crippen molar-refractivity contribution < 1.29 is 0 Å². The van der Waals surface area contributed by atoms with Crippen LogP contribution in [0, 0.1) is 5.92 Å². The van der Waals surface area contributed by atoms with Crippen molar-refractivity contribution in [3.8, 4) is 0 Å². The molecule has 1 N–H and O–H groups in total. The predicted molar refractivity (Wildman–Crippen MR) is 65.7 cm³/mol. The SMILES string of the molecule is C=C(CCC)NC(C)C(C)C(=C)CCl. The molecule has 0 bridgehead atoms. The first-order valence-corrected chi connectivity index (χ1v) is 5.74. The minimum absolute atomic E-state index is 0.361. The first kappa shape index (κ1) is 13.6. The number of halogens is 1. The Morgan fingerprint density at radius 1 is 1.36 bits per heavy atom. The maximum atomic E-state index is 5.74. The maximum Gasteiger partial charge on any atom is 0.0434 e. The average molecular weight is 216 g/mol. The minimum atomic E-state index is 0.361. The van der Waals surface area contributed by atoms with Crippen molar-refractivity contribution >= 4 is 11.6 Å². The zero-order chi connectivity index (χ0) is 11.1. The van der Waals surface area contributed by atoms with Crippen molar-refractivity contribution in [2.45, 2.75) is 39.7 Å². The number of nitrogens with one attached hydrogen (secondary N) is 1. The first-order valence-electron chi connectivity index (χ1n) is 5.20. The number of alkyl halides is 1. The van der Waals surface area contributed by atoms with E-state index in [1.54, 1.807) is 0 Å². The molecule has 0 saturated carbocycles. The van der Waals surface area contributed by atoms with Gasteiger partial charge < -0.3 is 5.32 Å². The average Bonchev–Trinajstić information content (AvgIpc) is 2.15. The number of hydrogen-bond donors (Lipinski definition) is 1. The molecule has 2 heteroatoms. The maximum absolute atomic E-state index is 5.74. The molecule has 0 amide bonds. The van der Waals surface area contributed by atoms with Gasteiger partial charge in [-0.05, 0) is 19.3 Å². The van der Waals surface area contributed by atoms with Crippen molar-refractivity contribution in [2.24, 2.45) is 5.92 Å². The molecule has 82 valence electrons. The van der Waals surface area contributed by atoms with Gasteiger partial charge in [0.15, 0.2) is 0 Å². The van der Waals surface area contributed by atoms with Crippen molar-refractivity contribution in [3.63, 3.8) is 0 Å². The monoisotopic (exact) mass is 215 g/mol. The van der Waals surface area contributed by atoms with E-state index in [0.29, 0.717) is 17.8 Å². The third kappa shape index (κ3) is 4.71. The van der Waals surface area contributed by atoms with Crippen molar-refractivity contribution in [1.29, 1.82) is 0 Å². The third-order valence-electron chi connectivity index (χ3n) is 2.55. The standard InChI is InChI=1S/C12H22ClN/c1-6-7-10(3)14-12(5)11(4)9(2)8-13/h11-12,14H,2-3,6-8H2,1,4-5H3. The molecule has 0 radical (unpaired) electrons. The van der Waals surface area contributed by atoms with E-state index in [4.69, 9.17) is 11.6 Å². The highest BCUT2D eigenvalue weighted by Gasteiger charge is 2.14. The normalized spacial score (nSPS) is 14.6. The second kappa shape index (κ2) is 6.94. The molecule has 14 heavy (non-hydrogen) atoms. The van der Waals surface area contributed by atoms with Crippen molar-refractivity contribution in [1.82, 2.24) is 5.32 Å². The van der Waals surface area contributed by atoms with Crippen LogP contribution in [0.15, 0.2) is 24.4 Å². The molecule has 0 spiro atoms. The largest absolute Gasteiger partial charge is 0.386 e. The van der Waals surface area contributed by atoms with Crippen LogP contribution in [-0.2, 0) is 0 Å². The Kier molecular flexibility index (Phi) is 6.73. The molecule has 0 fully saturated rings. The van der Waals surface area contributed by atoms with Crippen LogP contribution in [0.2, 0.25) is 0 Å². The smallest absolute Gasteiger partial charge is 0.0434 e. The van der Waals surface area contributed by atoms with E-state index in [1.165, 1.54) is 0 Å². The first-order chi connectivity index (χ1) is 6.52. The summed E-state index contributed by atoms with van der Waals surface area (Å²) in [6, 6.07) is 0.361. The summed E-state index contributed by atoms with van der Waals surface area (Å²) in [6.45, 7) is 14.4. The van der Waals surface area contributed by atoms with E-state index < -0.39 is 0 Å². The molecule has 0 rings (SSSR count). The van der Waals surface area contributed by atoms with Crippen LogP contribution >= 0.6 is 11.6 Å². The topological polar surface area (TPSA) is 12.0 Å². The van der Waals surface area contributed by atoms with Crippen LogP contribution in [0.1, 0.15) is 33.6 Å². The fourth-order valence-corrected chi connectivity index (χ4v) is 1.54. The van der Waals surface area contributed by atoms with Crippen LogP contribution in [0.5, 0.6) is 0 Å². The Labute approximate surface area is 93.2 Å². The molecule has 0 aromatic rings. The molecule has 0 aliphatic heterocycles. The molecule has 1 nitrogen and oxygen atoms in total. The Morgan fingerprint density at radius 3 is 2.36 bits per heavy atom. The van der Waals surface area contributed by atoms with Crippen LogP contribution in [-0.4, -0.2) is 11.9 Å². The number of allylic oxidation sites excluding steroid dienone is 1. The molecule has 0 aliphatic rings. The lowest BCUT2D eigenvalue weighted by molar-refractivity contribution is 0.475. The third-order valence-corrected chi connectivity index (χ3v) is 2.89. The summed E-state index contributed by atoms with van der Waals surface area (Å²) in [5.41, 5.74) is 2.19. The van der Waals surface area contributed by atoms with Gasteiger partial charge in [-0.25, -0.2) is 0 Å². The van der Waals surface area contributed by atoms with E-state index in [-0.39, 0.29) is 0 Å². The van der Waals surface area contributed by atoms with E-state index in [1.807, 2.05) is 0 Å². The lowest BCUT2D eigenvalue weighted by Crippen LogP contribution is -2.32. The number of hydrogen-bond acceptors (Lipinski definition) is 1. The molecule has 0 heterocycles. The van der Waals surface area contributed by atoms with Crippen LogP contribution in [0.4, 0.5) is 0 Å². The summed E-state index contributed by atoms with van der Waals surface area (Å²) in [4.78, 5) is 0. The fraction of sp³-hybridized carbons (Fsp3) is 0.667. The zero-order valence-electron chi connectivity index (χ0n) is 9.57. The lowest BCUT2D eigenvalue weighted by Gasteiger charge is -2.24. The van der Waals surface area contributed by atoms with E-state index >= 15 is 0 Å². The van der Waals surface area contributed by atoms with Gasteiger partial charge in [-0.3, -0.25) is 0 Å². The second-order valence-electron chi connectivity index (χ2n) is 3.87. The molecule has 0 aliphatic carbocycles. The highest BCUT2D eigenvalue weighted by atomic mass is 35.5. The van der Waals surface area contributed by atoms with Crippen LogP contribution in [0.3, 0.4) is 0 Å². The summed E-state index contributed by atoms with van der Waals surface area (Å²) >= 11 is 5.74. The van der Waals surface area contributed by atoms with Gasteiger partial charge in [-0.15, -0.1) is 11.6 Å². The zero-order valence-corrected chi connectivity index (χ0v) is 10.3. The Balaban J connectivity index is 4.00. The summed E-state index contributed by atoms with van der Waals surface area (Å²) in [7, 11) is 0. The Bertz CT molecular complexity index is 198. The number of rotatable bonds is 7. The summed E-state index contributed by atoms with van der Waals surface area (Å²) < 4.78 is 0. The van der Waals surface area contributed by atoms with E-state index in [0.717, 1.165) is 24.1 Å². The van der Waals surface area contributed by atoms with Crippen molar-refractivity contribution in [3.05, 3.63) is 24.4 Å². The highest BCUT2D eigenvalue weighted by Crippen LogP contribution is 2.15. The predicted octanol–water partition coefficient (Wildman–Crippen LogP) is 3.71. The van der Waals surface area contributed by atoms with Gasteiger partial charge in [0.25, 0.3) is 0 Å². The van der Waals surface area contributed by atoms with E-state index in [2.05, 4.69) is 39.2 Å². The van der Waals surface area contributed by atoms with Crippen LogP contribution in [0.25, 0.3) is 0 Å². The summed E-state index contributed by atoms with van der Waals surface area (Å²) in [5, 5.41) is 3.38. The van der Waals surface area contributed by atoms with Gasteiger partial charge in [-0.2, -0.15) is 0 Å². The second-order valence-corrected chi connectivity index (χ2v) is 4.13. The molecular weight excluding hydrogens is 194 g/mol. The van der Waals surface area contributed by atoms with E-state index in [9.17, 15) is 0 Å². The minimum Gasteiger partial charge on any atom is -0.386 e.